The molecule has 8 nitrogen and oxygen atoms in total. The fourth-order valence-electron chi connectivity index (χ4n) is 1.52. The Morgan fingerprint density at radius 3 is 2.80 bits per heavy atom. The lowest BCUT2D eigenvalue weighted by Crippen LogP contribution is -2.38. The van der Waals surface area contributed by atoms with Crippen molar-refractivity contribution in [3.8, 4) is 5.88 Å². The standard InChI is InChI=1S/C11H10N6O2S/c1-16-9(15-13-6-7-4-3-5-20-7)8(14-12)10(18)17(2)11(16)19/h3-6H,1-2H3/b13-6+. The quantitative estimate of drug-likeness (QED) is 0.450. The number of nitrogens with zero attached hydrogens (tertiary/aromatic N) is 6. The first-order valence-corrected chi connectivity index (χ1v) is 6.37. The van der Waals surface area contributed by atoms with Gasteiger partial charge in [-0.2, -0.15) is 5.10 Å². The predicted molar refractivity (Wildman–Crippen MR) is 72.3 cm³/mol. The molecule has 0 unspecified atom stereocenters. The Hall–Kier alpha value is -2.73. The molecule has 0 radical (unpaired) electrons. The Balaban J connectivity index is 2.63. The summed E-state index contributed by atoms with van der Waals surface area (Å²) in [4.78, 5) is 15.5. The van der Waals surface area contributed by atoms with E-state index in [0.717, 1.165) is 14.0 Å². The van der Waals surface area contributed by atoms with Gasteiger partial charge in [0.25, 0.3) is 5.49 Å². The van der Waals surface area contributed by atoms with Crippen molar-refractivity contribution in [1.82, 2.24) is 9.13 Å². The van der Waals surface area contributed by atoms with Gasteiger partial charge in [0, 0.05) is 19.0 Å². The Bertz CT molecular complexity index is 822. The van der Waals surface area contributed by atoms with Crippen LogP contribution in [0.3, 0.4) is 0 Å². The van der Waals surface area contributed by atoms with E-state index in [2.05, 4.69) is 15.2 Å². The highest BCUT2D eigenvalue weighted by atomic mass is 32.1. The van der Waals surface area contributed by atoms with Crippen LogP contribution in [0.15, 0.2) is 32.5 Å². The first-order chi connectivity index (χ1) is 9.56. The summed E-state index contributed by atoms with van der Waals surface area (Å²) in [5.41, 5.74) is -1.01. The predicted octanol–water partition coefficient (Wildman–Crippen LogP) is 0.278. The van der Waals surface area contributed by atoms with Crippen LogP contribution in [-0.2, 0) is 14.1 Å². The maximum absolute atomic E-state index is 11.8. The Labute approximate surface area is 117 Å². The largest absolute Gasteiger partial charge is 0.854 e. The highest BCUT2D eigenvalue weighted by Crippen LogP contribution is 2.14. The fourth-order valence-corrected chi connectivity index (χ4v) is 2.10. The topological polar surface area (TPSA) is 103 Å². The molecule has 0 aliphatic carbocycles. The van der Waals surface area contributed by atoms with E-state index in [0.29, 0.717) is 0 Å². The molecule has 2 aromatic rings. The van der Waals surface area contributed by atoms with Crippen LogP contribution in [0.4, 0.5) is 5.69 Å². The summed E-state index contributed by atoms with van der Waals surface area (Å²) in [6.45, 7) is 0. The summed E-state index contributed by atoms with van der Waals surface area (Å²) in [6, 6.07) is 3.69. The molecule has 9 heteroatoms. The zero-order chi connectivity index (χ0) is 14.7. The molecule has 0 fully saturated rings. The molecule has 0 aliphatic rings. The van der Waals surface area contributed by atoms with Crippen molar-refractivity contribution in [2.75, 3.05) is 0 Å². The number of thiophene rings is 1. The van der Waals surface area contributed by atoms with E-state index in [1.54, 1.807) is 0 Å². The lowest BCUT2D eigenvalue weighted by atomic mass is 10.5. The number of hydrogen-bond acceptors (Lipinski definition) is 6. The SMILES string of the molecule is Cn1c([O-])c([N+]#N)/c(=N/N=C/c2cccs2)n(C)c1=O. The summed E-state index contributed by atoms with van der Waals surface area (Å²) in [5.74, 6) is -0.735. The van der Waals surface area contributed by atoms with Gasteiger partial charge in [-0.3, -0.25) is 4.57 Å². The first-order valence-electron chi connectivity index (χ1n) is 5.49. The normalized spacial score (nSPS) is 11.9. The third-order valence-corrected chi connectivity index (χ3v) is 3.40. The third kappa shape index (κ3) is 2.36. The maximum Gasteiger partial charge on any atom is 0.437 e. The minimum absolute atomic E-state index is 0.103. The van der Waals surface area contributed by atoms with Gasteiger partial charge >= 0.3 is 11.4 Å². The van der Waals surface area contributed by atoms with E-state index in [1.165, 1.54) is 31.6 Å². The molecule has 0 N–H and O–H groups in total. The van der Waals surface area contributed by atoms with Crippen molar-refractivity contribution in [3.63, 3.8) is 0 Å². The van der Waals surface area contributed by atoms with Gasteiger partial charge in [0.05, 0.1) is 12.1 Å². The third-order valence-electron chi connectivity index (χ3n) is 2.59. The summed E-state index contributed by atoms with van der Waals surface area (Å²) in [5, 5.41) is 30.1. The highest BCUT2D eigenvalue weighted by molar-refractivity contribution is 7.11. The van der Waals surface area contributed by atoms with Crippen LogP contribution in [0.25, 0.3) is 4.98 Å². The summed E-state index contributed by atoms with van der Waals surface area (Å²) in [6.07, 6.45) is 1.48. The van der Waals surface area contributed by atoms with Gasteiger partial charge in [-0.15, -0.1) is 16.4 Å². The second-order valence-electron chi connectivity index (χ2n) is 3.84. The molecule has 2 heterocycles. The van der Waals surface area contributed by atoms with Crippen LogP contribution in [0, 0.1) is 5.39 Å². The maximum atomic E-state index is 11.8. The van der Waals surface area contributed by atoms with Gasteiger partial charge in [0.15, 0.2) is 4.98 Å². The number of diazo groups is 1. The molecule has 0 aromatic carbocycles. The van der Waals surface area contributed by atoms with Crippen LogP contribution in [0.5, 0.6) is 5.88 Å². The Morgan fingerprint density at radius 2 is 2.20 bits per heavy atom. The molecule has 0 saturated carbocycles. The van der Waals surface area contributed by atoms with Crippen LogP contribution in [0.2, 0.25) is 0 Å². The molecule has 0 atom stereocenters. The second-order valence-corrected chi connectivity index (χ2v) is 4.82. The average Bonchev–Trinajstić information content (AvgIpc) is 2.95. The highest BCUT2D eigenvalue weighted by Gasteiger charge is 2.18. The minimum atomic E-state index is -0.735. The van der Waals surface area contributed by atoms with Gasteiger partial charge in [-0.05, 0) is 11.4 Å². The lowest BCUT2D eigenvalue weighted by molar-refractivity contribution is -0.278. The molecular formula is C11H10N6O2S. The van der Waals surface area contributed by atoms with E-state index < -0.39 is 11.6 Å². The molecule has 0 aliphatic heterocycles. The number of rotatable bonds is 2. The van der Waals surface area contributed by atoms with Crippen molar-refractivity contribution >= 4 is 23.2 Å². The van der Waals surface area contributed by atoms with E-state index in [-0.39, 0.29) is 11.2 Å². The molecule has 0 spiro atoms. The summed E-state index contributed by atoms with van der Waals surface area (Å²) < 4.78 is 1.92. The van der Waals surface area contributed by atoms with Crippen LogP contribution in [0.1, 0.15) is 4.88 Å². The summed E-state index contributed by atoms with van der Waals surface area (Å²) in [7, 11) is 2.70. The van der Waals surface area contributed by atoms with E-state index in [4.69, 9.17) is 5.39 Å². The molecule has 2 rings (SSSR count). The zero-order valence-electron chi connectivity index (χ0n) is 10.7. The lowest BCUT2D eigenvalue weighted by Gasteiger charge is -2.09. The van der Waals surface area contributed by atoms with E-state index in [1.807, 2.05) is 17.5 Å². The smallest absolute Gasteiger partial charge is 0.437 e. The Morgan fingerprint density at radius 1 is 1.45 bits per heavy atom. The molecule has 0 saturated heterocycles. The molecule has 2 aromatic heterocycles. The van der Waals surface area contributed by atoms with Gasteiger partial charge in [-0.25, -0.2) is 4.79 Å². The van der Waals surface area contributed by atoms with Gasteiger partial charge < -0.3 is 9.67 Å². The Kier molecular flexibility index (Phi) is 3.76. The van der Waals surface area contributed by atoms with Gasteiger partial charge in [0.1, 0.15) is 0 Å². The van der Waals surface area contributed by atoms with Crippen LogP contribution >= 0.6 is 11.3 Å². The zero-order valence-corrected chi connectivity index (χ0v) is 11.5. The van der Waals surface area contributed by atoms with Gasteiger partial charge in [-0.1, -0.05) is 6.07 Å². The van der Waals surface area contributed by atoms with Crippen molar-refractivity contribution in [2.45, 2.75) is 0 Å². The summed E-state index contributed by atoms with van der Waals surface area (Å²) >= 11 is 1.46. The van der Waals surface area contributed by atoms with E-state index in [9.17, 15) is 9.90 Å². The van der Waals surface area contributed by atoms with Crippen molar-refractivity contribution < 1.29 is 5.11 Å². The fraction of sp³-hybridized carbons (Fsp3) is 0.182. The minimum Gasteiger partial charge on any atom is -0.854 e. The number of hydrogen-bond donors (Lipinski definition) is 0. The van der Waals surface area contributed by atoms with E-state index >= 15 is 0 Å². The average molecular weight is 290 g/mol. The van der Waals surface area contributed by atoms with Crippen molar-refractivity contribution in [1.29, 1.82) is 5.39 Å². The molecular weight excluding hydrogens is 280 g/mol. The molecule has 102 valence electrons. The van der Waals surface area contributed by atoms with Crippen molar-refractivity contribution in [3.05, 3.63) is 43.3 Å². The molecule has 0 amide bonds. The molecule has 20 heavy (non-hydrogen) atoms. The van der Waals surface area contributed by atoms with Crippen molar-refractivity contribution in [2.24, 2.45) is 24.3 Å². The van der Waals surface area contributed by atoms with Crippen LogP contribution in [-0.4, -0.2) is 15.3 Å². The number of aromatic nitrogens is 2. The van der Waals surface area contributed by atoms with Gasteiger partial charge in [0.2, 0.25) is 5.39 Å². The first kappa shape index (κ1) is 13.7. The monoisotopic (exact) mass is 290 g/mol. The second kappa shape index (κ2) is 5.50. The molecule has 0 bridgehead atoms. The van der Waals surface area contributed by atoms with Crippen LogP contribution < -0.4 is 16.3 Å².